The largest absolute Gasteiger partial charge is 0.456 e. The molecule has 11 aromatic rings. The Morgan fingerprint density at radius 1 is 0.286 bits per heavy atom. The van der Waals surface area contributed by atoms with Gasteiger partial charge >= 0.3 is 0 Å². The maximum atomic E-state index is 6.20. The fourth-order valence-corrected chi connectivity index (χ4v) is 7.94. The molecule has 0 aliphatic carbocycles. The number of benzene rings is 8. The summed E-state index contributed by atoms with van der Waals surface area (Å²) in [5.74, 6) is 0.676. The number of para-hydroxylation sites is 2. The van der Waals surface area contributed by atoms with Gasteiger partial charge in [-0.05, 0) is 88.0 Å². The van der Waals surface area contributed by atoms with Crippen molar-refractivity contribution in [2.24, 2.45) is 0 Å². The molecule has 0 aliphatic heterocycles. The van der Waals surface area contributed by atoms with Gasteiger partial charge in [0.2, 0.25) is 0 Å². The molecular weight excluding hydrogens is 685 g/mol. The Morgan fingerprint density at radius 3 is 1.59 bits per heavy atom. The predicted octanol–water partition coefficient (Wildman–Crippen LogP) is 14.3. The fourth-order valence-electron chi connectivity index (χ4n) is 7.94. The van der Waals surface area contributed by atoms with Gasteiger partial charge in [0.05, 0.1) is 11.4 Å². The summed E-state index contributed by atoms with van der Waals surface area (Å²) in [6.45, 7) is 0. The molecule has 0 radical (unpaired) electrons. The SMILES string of the molecule is c1ccc(-c2cc(-c3ccc4oc5ccccc5c4c3)cc(-c3cc(-c4ccc(-c5cccc6oc7ccccc7c56)cc4)nc(-c4ccccc4)n3)c2)cc1. The fraction of sp³-hybridized carbons (Fsp3) is 0. The van der Waals surface area contributed by atoms with Crippen molar-refractivity contribution < 1.29 is 8.83 Å². The van der Waals surface area contributed by atoms with Gasteiger partial charge < -0.3 is 8.83 Å². The van der Waals surface area contributed by atoms with E-state index in [1.165, 1.54) is 0 Å². The van der Waals surface area contributed by atoms with Crippen molar-refractivity contribution in [3.05, 3.63) is 194 Å². The Kier molecular flexibility index (Phi) is 7.46. The maximum absolute atomic E-state index is 6.20. The van der Waals surface area contributed by atoms with Crippen molar-refractivity contribution in [2.45, 2.75) is 0 Å². The van der Waals surface area contributed by atoms with E-state index in [0.717, 1.165) is 105 Å². The standard InChI is InChI=1S/C52H32N2O2/c1-3-12-33(13-4-1)38-28-39(37-26-27-49-44(31-37)42-16-7-9-19-47(42)55-49)30-40(29-38)46-32-45(53-52(54-46)36-14-5-2-6-15-36)35-24-22-34(23-25-35)41-18-11-21-50-51(41)43-17-8-10-20-48(43)56-50/h1-32H. The smallest absolute Gasteiger partial charge is 0.160 e. The lowest BCUT2D eigenvalue weighted by Crippen LogP contribution is -1.96. The molecular formula is C52H32N2O2. The van der Waals surface area contributed by atoms with E-state index in [9.17, 15) is 0 Å². The summed E-state index contributed by atoms with van der Waals surface area (Å²) < 4.78 is 12.4. The van der Waals surface area contributed by atoms with Gasteiger partial charge in [-0.15, -0.1) is 0 Å². The molecule has 0 spiro atoms. The van der Waals surface area contributed by atoms with Crippen LogP contribution in [0, 0.1) is 0 Å². The third-order valence-electron chi connectivity index (χ3n) is 10.7. The number of aromatic nitrogens is 2. The minimum Gasteiger partial charge on any atom is -0.456 e. The Balaban J connectivity index is 1.07. The second-order valence-corrected chi connectivity index (χ2v) is 14.2. The van der Waals surface area contributed by atoms with Crippen molar-refractivity contribution in [3.8, 4) is 67.3 Å². The summed E-state index contributed by atoms with van der Waals surface area (Å²) in [6.07, 6.45) is 0. The highest BCUT2D eigenvalue weighted by molar-refractivity contribution is 6.12. The van der Waals surface area contributed by atoms with Gasteiger partial charge in [0.1, 0.15) is 22.3 Å². The zero-order valence-corrected chi connectivity index (χ0v) is 30.2. The number of hydrogen-bond acceptors (Lipinski definition) is 4. The predicted molar refractivity (Wildman–Crippen MR) is 229 cm³/mol. The third-order valence-corrected chi connectivity index (χ3v) is 10.7. The van der Waals surface area contributed by atoms with Crippen LogP contribution in [0.2, 0.25) is 0 Å². The maximum Gasteiger partial charge on any atom is 0.160 e. The van der Waals surface area contributed by atoms with E-state index in [1.54, 1.807) is 0 Å². The van der Waals surface area contributed by atoms with Crippen LogP contribution >= 0.6 is 0 Å². The molecule has 4 heteroatoms. The minimum absolute atomic E-state index is 0.676. The number of furan rings is 2. The van der Waals surface area contributed by atoms with E-state index in [-0.39, 0.29) is 0 Å². The molecule has 11 rings (SSSR count). The number of fused-ring (bicyclic) bond motifs is 6. The summed E-state index contributed by atoms with van der Waals surface area (Å²) in [7, 11) is 0. The molecule has 0 atom stereocenters. The third kappa shape index (κ3) is 5.55. The Labute approximate surface area is 323 Å². The highest BCUT2D eigenvalue weighted by Crippen LogP contribution is 2.39. The summed E-state index contributed by atoms with van der Waals surface area (Å²) in [4.78, 5) is 10.4. The van der Waals surface area contributed by atoms with Crippen LogP contribution in [0.15, 0.2) is 203 Å². The minimum atomic E-state index is 0.676. The normalized spacial score (nSPS) is 11.6. The summed E-state index contributed by atoms with van der Waals surface area (Å²) >= 11 is 0. The topological polar surface area (TPSA) is 52.1 Å². The Bertz CT molecular complexity index is 3230. The molecule has 0 saturated carbocycles. The molecule has 8 aromatic carbocycles. The van der Waals surface area contributed by atoms with Crippen molar-refractivity contribution in [3.63, 3.8) is 0 Å². The molecule has 0 aliphatic rings. The van der Waals surface area contributed by atoms with Crippen LogP contribution in [0.3, 0.4) is 0 Å². The Morgan fingerprint density at radius 2 is 0.821 bits per heavy atom. The van der Waals surface area contributed by atoms with Crippen molar-refractivity contribution in [2.75, 3.05) is 0 Å². The average Bonchev–Trinajstić information content (AvgIpc) is 3.85. The van der Waals surface area contributed by atoms with Gasteiger partial charge in [0, 0.05) is 38.2 Å². The summed E-state index contributed by atoms with van der Waals surface area (Å²) in [6, 6.07) is 67.5. The van der Waals surface area contributed by atoms with Crippen LogP contribution in [-0.2, 0) is 0 Å². The second kappa shape index (κ2) is 13.1. The van der Waals surface area contributed by atoms with Crippen LogP contribution in [-0.4, -0.2) is 9.97 Å². The van der Waals surface area contributed by atoms with Gasteiger partial charge in [0.25, 0.3) is 0 Å². The van der Waals surface area contributed by atoms with E-state index in [2.05, 4.69) is 146 Å². The second-order valence-electron chi connectivity index (χ2n) is 14.2. The van der Waals surface area contributed by atoms with Gasteiger partial charge in [-0.1, -0.05) is 140 Å². The van der Waals surface area contributed by atoms with E-state index in [0.29, 0.717) is 5.82 Å². The number of nitrogens with zero attached hydrogens (tertiary/aromatic N) is 2. The zero-order chi connectivity index (χ0) is 37.0. The zero-order valence-electron chi connectivity index (χ0n) is 30.2. The first-order valence-corrected chi connectivity index (χ1v) is 18.8. The molecule has 0 fully saturated rings. The first-order valence-electron chi connectivity index (χ1n) is 18.8. The van der Waals surface area contributed by atoms with E-state index < -0.39 is 0 Å². The molecule has 0 N–H and O–H groups in total. The lowest BCUT2D eigenvalue weighted by Gasteiger charge is -2.13. The molecule has 3 heterocycles. The molecule has 56 heavy (non-hydrogen) atoms. The molecule has 0 amide bonds. The molecule has 262 valence electrons. The van der Waals surface area contributed by atoms with Gasteiger partial charge in [-0.25, -0.2) is 9.97 Å². The van der Waals surface area contributed by atoms with Crippen LogP contribution in [0.5, 0.6) is 0 Å². The van der Waals surface area contributed by atoms with E-state index in [1.807, 2.05) is 48.5 Å². The first kappa shape index (κ1) is 31.9. The van der Waals surface area contributed by atoms with Crippen molar-refractivity contribution in [1.29, 1.82) is 0 Å². The molecule has 4 nitrogen and oxygen atoms in total. The Hall–Kier alpha value is -7.56. The van der Waals surface area contributed by atoms with Crippen LogP contribution < -0.4 is 0 Å². The molecule has 0 unspecified atom stereocenters. The van der Waals surface area contributed by atoms with Crippen LogP contribution in [0.4, 0.5) is 0 Å². The van der Waals surface area contributed by atoms with E-state index in [4.69, 9.17) is 18.8 Å². The monoisotopic (exact) mass is 716 g/mol. The van der Waals surface area contributed by atoms with Gasteiger partial charge in [0.15, 0.2) is 5.82 Å². The summed E-state index contributed by atoms with van der Waals surface area (Å²) in [5, 5.41) is 4.45. The number of hydrogen-bond donors (Lipinski definition) is 0. The molecule has 0 bridgehead atoms. The molecule has 0 saturated heterocycles. The lowest BCUT2D eigenvalue weighted by molar-refractivity contribution is 0.668. The van der Waals surface area contributed by atoms with Crippen molar-refractivity contribution in [1.82, 2.24) is 9.97 Å². The van der Waals surface area contributed by atoms with Gasteiger partial charge in [-0.3, -0.25) is 0 Å². The highest BCUT2D eigenvalue weighted by Gasteiger charge is 2.16. The number of rotatable bonds is 6. The van der Waals surface area contributed by atoms with Crippen LogP contribution in [0.1, 0.15) is 0 Å². The quantitative estimate of drug-likeness (QED) is 0.172. The van der Waals surface area contributed by atoms with E-state index >= 15 is 0 Å². The molecule has 3 aromatic heterocycles. The summed E-state index contributed by atoms with van der Waals surface area (Å²) in [5.41, 5.74) is 14.9. The average molecular weight is 717 g/mol. The lowest BCUT2D eigenvalue weighted by atomic mass is 9.93. The first-order chi connectivity index (χ1) is 27.7. The van der Waals surface area contributed by atoms with Crippen molar-refractivity contribution >= 4 is 43.9 Å². The van der Waals surface area contributed by atoms with Gasteiger partial charge in [-0.2, -0.15) is 0 Å². The van der Waals surface area contributed by atoms with Crippen LogP contribution in [0.25, 0.3) is 111 Å². The highest BCUT2D eigenvalue weighted by atomic mass is 16.3.